The molecule has 2 aromatic carbocycles. The monoisotopic (exact) mass is 519 g/mol. The number of aromatic nitrogens is 3. The number of benzene rings is 2. The second-order valence-corrected chi connectivity index (χ2v) is 10.00. The van der Waals surface area contributed by atoms with E-state index < -0.39 is 18.0 Å². The summed E-state index contributed by atoms with van der Waals surface area (Å²) in [5.74, 6) is -0.490. The molecular formula is C29H21N5O3S. The third-order valence-electron chi connectivity index (χ3n) is 6.57. The van der Waals surface area contributed by atoms with Crippen molar-refractivity contribution >= 4 is 39.2 Å². The molecule has 1 aliphatic rings. The molecule has 3 heterocycles. The zero-order valence-corrected chi connectivity index (χ0v) is 21.1. The van der Waals surface area contributed by atoms with Gasteiger partial charge in [-0.15, -0.1) is 11.3 Å². The molecule has 8 nitrogen and oxygen atoms in total. The lowest BCUT2D eigenvalue weighted by atomic mass is 9.90. The summed E-state index contributed by atoms with van der Waals surface area (Å²) < 4.78 is 5.47. The summed E-state index contributed by atoms with van der Waals surface area (Å²) in [7, 11) is 0. The maximum absolute atomic E-state index is 13.0. The van der Waals surface area contributed by atoms with Gasteiger partial charge in [-0.1, -0.05) is 24.3 Å². The highest BCUT2D eigenvalue weighted by Gasteiger charge is 2.27. The van der Waals surface area contributed by atoms with Crippen LogP contribution in [0.15, 0.2) is 67.0 Å². The standard InChI is InChI=1S/C29H21N5O3S/c1-16(27(35)34-28-22(14-30)21-10-8-17-5-2-3-7-20(17)25(21)38-28)37-29(36)18-9-11-23-24(13-18)33-26(32-23)19-6-4-12-31-15-19/h2-7,9,11-13,15-16H,8,10H2,1H3,(H,32,33)(H,34,35). The van der Waals surface area contributed by atoms with E-state index in [0.717, 1.165) is 34.4 Å². The number of thiophene rings is 1. The van der Waals surface area contributed by atoms with E-state index in [-0.39, 0.29) is 0 Å². The van der Waals surface area contributed by atoms with Crippen molar-refractivity contribution in [2.45, 2.75) is 25.9 Å². The molecule has 0 saturated carbocycles. The zero-order valence-electron chi connectivity index (χ0n) is 20.3. The van der Waals surface area contributed by atoms with Gasteiger partial charge in [-0.05, 0) is 66.8 Å². The van der Waals surface area contributed by atoms with Gasteiger partial charge in [-0.3, -0.25) is 9.78 Å². The topological polar surface area (TPSA) is 121 Å². The van der Waals surface area contributed by atoms with Gasteiger partial charge in [0.15, 0.2) is 6.10 Å². The van der Waals surface area contributed by atoms with Crippen molar-refractivity contribution in [3.63, 3.8) is 0 Å². The minimum atomic E-state index is -1.07. The molecular weight excluding hydrogens is 498 g/mol. The number of H-pyrrole nitrogens is 1. The van der Waals surface area contributed by atoms with Crippen molar-refractivity contribution in [1.29, 1.82) is 5.26 Å². The number of hydrogen-bond donors (Lipinski definition) is 2. The van der Waals surface area contributed by atoms with E-state index in [0.29, 0.717) is 33.0 Å². The van der Waals surface area contributed by atoms with Crippen LogP contribution in [0.2, 0.25) is 0 Å². The van der Waals surface area contributed by atoms with Crippen molar-refractivity contribution in [3.05, 3.63) is 89.2 Å². The lowest BCUT2D eigenvalue weighted by Gasteiger charge is -2.15. The maximum atomic E-state index is 13.0. The number of esters is 1. The average Bonchev–Trinajstić information content (AvgIpc) is 3.54. The molecule has 1 amide bonds. The summed E-state index contributed by atoms with van der Waals surface area (Å²) in [6.07, 6.45) is 3.91. The molecule has 9 heteroatoms. The highest BCUT2D eigenvalue weighted by molar-refractivity contribution is 7.20. The molecule has 186 valence electrons. The predicted octanol–water partition coefficient (Wildman–Crippen LogP) is 5.51. The third-order valence-corrected chi connectivity index (χ3v) is 7.75. The van der Waals surface area contributed by atoms with Gasteiger partial charge in [-0.2, -0.15) is 5.26 Å². The molecule has 2 N–H and O–H groups in total. The molecule has 3 aromatic heterocycles. The Bertz CT molecular complexity index is 1750. The van der Waals surface area contributed by atoms with E-state index in [1.54, 1.807) is 30.6 Å². The summed E-state index contributed by atoms with van der Waals surface area (Å²) in [5.41, 5.74) is 6.23. The Hall–Kier alpha value is -4.81. The van der Waals surface area contributed by atoms with Gasteiger partial charge < -0.3 is 15.0 Å². The number of fused-ring (bicyclic) bond motifs is 4. The van der Waals surface area contributed by atoms with Gasteiger partial charge in [0.1, 0.15) is 16.9 Å². The first-order valence-electron chi connectivity index (χ1n) is 12.1. The Morgan fingerprint density at radius 1 is 1.16 bits per heavy atom. The van der Waals surface area contributed by atoms with Gasteiger partial charge in [0.05, 0.1) is 22.2 Å². The van der Waals surface area contributed by atoms with Crippen LogP contribution in [0.25, 0.3) is 32.9 Å². The number of nitrogens with zero attached hydrogens (tertiary/aromatic N) is 3. The van der Waals surface area contributed by atoms with Crippen molar-refractivity contribution < 1.29 is 14.3 Å². The van der Waals surface area contributed by atoms with E-state index in [9.17, 15) is 14.9 Å². The molecule has 0 spiro atoms. The first-order valence-corrected chi connectivity index (χ1v) is 12.9. The van der Waals surface area contributed by atoms with E-state index >= 15 is 0 Å². The first-order chi connectivity index (χ1) is 18.5. The van der Waals surface area contributed by atoms with Crippen LogP contribution in [0.4, 0.5) is 5.00 Å². The summed E-state index contributed by atoms with van der Waals surface area (Å²) in [6, 6.07) is 19.0. The molecule has 0 aliphatic heterocycles. The van der Waals surface area contributed by atoms with Crippen LogP contribution in [0, 0.1) is 11.3 Å². The SMILES string of the molecule is CC(OC(=O)c1ccc2nc(-c3cccnc3)[nH]c2c1)C(=O)Nc1sc2c(c1C#N)CCc1ccccc1-2. The molecule has 0 bridgehead atoms. The Morgan fingerprint density at radius 3 is 2.84 bits per heavy atom. The minimum absolute atomic E-state index is 0.291. The highest BCUT2D eigenvalue weighted by atomic mass is 32.1. The molecule has 0 radical (unpaired) electrons. The van der Waals surface area contributed by atoms with Gasteiger partial charge in [0, 0.05) is 22.8 Å². The van der Waals surface area contributed by atoms with Gasteiger partial charge >= 0.3 is 5.97 Å². The van der Waals surface area contributed by atoms with Crippen molar-refractivity contribution in [2.24, 2.45) is 0 Å². The molecule has 1 aliphatic carbocycles. The van der Waals surface area contributed by atoms with E-state index in [2.05, 4.69) is 32.4 Å². The quantitative estimate of drug-likeness (QED) is 0.296. The lowest BCUT2D eigenvalue weighted by Crippen LogP contribution is -2.30. The van der Waals surface area contributed by atoms with Crippen LogP contribution < -0.4 is 5.32 Å². The maximum Gasteiger partial charge on any atom is 0.338 e. The van der Waals surface area contributed by atoms with E-state index in [4.69, 9.17) is 4.74 Å². The smallest absolute Gasteiger partial charge is 0.338 e. The lowest BCUT2D eigenvalue weighted by molar-refractivity contribution is -0.123. The highest BCUT2D eigenvalue weighted by Crippen LogP contribution is 2.44. The molecule has 0 saturated heterocycles. The van der Waals surface area contributed by atoms with Crippen molar-refractivity contribution in [2.75, 3.05) is 5.32 Å². The van der Waals surface area contributed by atoms with Crippen LogP contribution in [0.5, 0.6) is 0 Å². The zero-order chi connectivity index (χ0) is 26.2. The van der Waals surface area contributed by atoms with Gasteiger partial charge in [-0.25, -0.2) is 9.78 Å². The average molecular weight is 520 g/mol. The Kier molecular flexibility index (Phi) is 5.94. The fraction of sp³-hybridized carbons (Fsp3) is 0.138. The van der Waals surface area contributed by atoms with Crippen LogP contribution in [0.1, 0.15) is 34.0 Å². The summed E-state index contributed by atoms with van der Waals surface area (Å²) >= 11 is 1.38. The van der Waals surface area contributed by atoms with Gasteiger partial charge in [0.25, 0.3) is 5.91 Å². The number of aryl methyl sites for hydroxylation is 1. The van der Waals surface area contributed by atoms with Crippen molar-refractivity contribution in [1.82, 2.24) is 15.0 Å². The van der Waals surface area contributed by atoms with Crippen molar-refractivity contribution in [3.8, 4) is 27.9 Å². The molecule has 6 rings (SSSR count). The van der Waals surface area contributed by atoms with Crippen LogP contribution in [0.3, 0.4) is 0 Å². The number of nitriles is 1. The van der Waals surface area contributed by atoms with Gasteiger partial charge in [0.2, 0.25) is 0 Å². The molecule has 5 aromatic rings. The minimum Gasteiger partial charge on any atom is -0.449 e. The summed E-state index contributed by atoms with van der Waals surface area (Å²) in [4.78, 5) is 38.7. The molecule has 0 fully saturated rings. The molecule has 1 atom stereocenters. The second kappa shape index (κ2) is 9.57. The number of nitrogens with one attached hydrogen (secondary N) is 2. The first kappa shape index (κ1) is 23.6. The number of aromatic amines is 1. The largest absolute Gasteiger partial charge is 0.449 e. The Labute approximate surface area is 222 Å². The number of hydrogen-bond acceptors (Lipinski definition) is 7. The molecule has 38 heavy (non-hydrogen) atoms. The number of rotatable bonds is 5. The second-order valence-electron chi connectivity index (χ2n) is 8.98. The summed E-state index contributed by atoms with van der Waals surface area (Å²) in [5, 5.41) is 13.1. The molecule has 1 unspecified atom stereocenters. The Balaban J connectivity index is 1.18. The fourth-order valence-corrected chi connectivity index (χ4v) is 5.88. The summed E-state index contributed by atoms with van der Waals surface area (Å²) in [6.45, 7) is 1.51. The predicted molar refractivity (Wildman–Crippen MR) is 145 cm³/mol. The number of carbonyl (C=O) groups is 2. The Morgan fingerprint density at radius 2 is 2.03 bits per heavy atom. The number of amides is 1. The number of carbonyl (C=O) groups excluding carboxylic acids is 2. The van der Waals surface area contributed by atoms with Crippen LogP contribution >= 0.6 is 11.3 Å². The van der Waals surface area contributed by atoms with Crippen LogP contribution in [-0.2, 0) is 22.4 Å². The number of pyridine rings is 1. The number of imidazole rings is 1. The van der Waals surface area contributed by atoms with E-state index in [1.165, 1.54) is 23.8 Å². The fourth-order valence-electron chi connectivity index (χ4n) is 4.62. The number of ether oxygens (including phenoxy) is 1. The van der Waals surface area contributed by atoms with E-state index in [1.807, 2.05) is 30.3 Å². The van der Waals surface area contributed by atoms with Crippen LogP contribution in [-0.4, -0.2) is 32.9 Å². The third kappa shape index (κ3) is 4.21. The number of anilines is 1. The normalized spacial score (nSPS) is 12.7.